The molecular weight excluding hydrogens is 679 g/mol. The lowest BCUT2D eigenvalue weighted by Gasteiger charge is -2.09. The van der Waals surface area contributed by atoms with Gasteiger partial charge < -0.3 is 0 Å². The first-order valence-electron chi connectivity index (χ1n) is 16.8. The second kappa shape index (κ2) is 11.4. The summed E-state index contributed by atoms with van der Waals surface area (Å²) in [5.41, 5.74) is 5.45. The zero-order valence-electron chi connectivity index (χ0n) is 27.0. The zero-order valence-corrected chi connectivity index (χ0v) is 29.4. The Morgan fingerprint density at radius 2 is 0.863 bits per heavy atom. The molecule has 11 rings (SSSR count). The van der Waals surface area contributed by atoms with E-state index in [0.29, 0.717) is 17.5 Å². The SMILES string of the molecule is c1ccc(-c2nc(-c3ccc4c(c3)sc3ccccc34)nc(-c3ccc4sc5cccc(-c6cccc7c6sc6ccccc67)c5c4c3)n2)cc1. The highest BCUT2D eigenvalue weighted by Crippen LogP contribution is 2.46. The van der Waals surface area contributed by atoms with Gasteiger partial charge in [-0.05, 0) is 48.0 Å². The molecule has 0 saturated heterocycles. The predicted molar refractivity (Wildman–Crippen MR) is 220 cm³/mol. The van der Waals surface area contributed by atoms with Crippen molar-refractivity contribution in [2.24, 2.45) is 0 Å². The molecule has 51 heavy (non-hydrogen) atoms. The fraction of sp³-hybridized carbons (Fsp3) is 0. The van der Waals surface area contributed by atoms with Crippen molar-refractivity contribution < 1.29 is 0 Å². The molecule has 7 aromatic carbocycles. The van der Waals surface area contributed by atoms with Crippen LogP contribution in [0.25, 0.3) is 106 Å². The third-order valence-electron chi connectivity index (χ3n) is 9.75. The van der Waals surface area contributed by atoms with Crippen LogP contribution in [0.2, 0.25) is 0 Å². The summed E-state index contributed by atoms with van der Waals surface area (Å²) in [6.45, 7) is 0. The number of thiophene rings is 3. The Labute approximate surface area is 304 Å². The van der Waals surface area contributed by atoms with Crippen LogP contribution in [0, 0.1) is 0 Å². The van der Waals surface area contributed by atoms with E-state index in [1.807, 2.05) is 40.9 Å². The molecule has 0 aliphatic heterocycles. The summed E-state index contributed by atoms with van der Waals surface area (Å²) in [5.74, 6) is 2.01. The van der Waals surface area contributed by atoms with E-state index in [2.05, 4.69) is 133 Å². The molecule has 0 spiro atoms. The van der Waals surface area contributed by atoms with E-state index in [0.717, 1.165) is 16.7 Å². The molecule has 0 fully saturated rings. The smallest absolute Gasteiger partial charge is 0.164 e. The molecule has 238 valence electrons. The lowest BCUT2D eigenvalue weighted by Crippen LogP contribution is -2.00. The van der Waals surface area contributed by atoms with E-state index < -0.39 is 0 Å². The van der Waals surface area contributed by atoms with Crippen LogP contribution in [0.4, 0.5) is 0 Å². The van der Waals surface area contributed by atoms with Gasteiger partial charge in [-0.2, -0.15) is 0 Å². The number of hydrogen-bond acceptors (Lipinski definition) is 6. The van der Waals surface area contributed by atoms with Crippen LogP contribution in [0.15, 0.2) is 152 Å². The molecule has 0 aliphatic carbocycles. The molecule has 11 aromatic rings. The highest BCUT2D eigenvalue weighted by atomic mass is 32.1. The number of hydrogen-bond donors (Lipinski definition) is 0. The van der Waals surface area contributed by atoms with E-state index >= 15 is 0 Å². The number of nitrogens with zero attached hydrogens (tertiary/aromatic N) is 3. The Morgan fingerprint density at radius 3 is 1.69 bits per heavy atom. The van der Waals surface area contributed by atoms with E-state index in [1.165, 1.54) is 71.6 Å². The number of aromatic nitrogens is 3. The third-order valence-corrected chi connectivity index (χ3v) is 13.2. The van der Waals surface area contributed by atoms with Crippen LogP contribution in [-0.2, 0) is 0 Å². The van der Waals surface area contributed by atoms with Crippen molar-refractivity contribution in [1.82, 2.24) is 15.0 Å². The van der Waals surface area contributed by atoms with E-state index in [1.54, 1.807) is 11.3 Å². The Morgan fingerprint density at radius 1 is 0.314 bits per heavy atom. The molecular formula is C45H25N3S3. The van der Waals surface area contributed by atoms with Gasteiger partial charge in [0.1, 0.15) is 0 Å². The van der Waals surface area contributed by atoms with Crippen molar-refractivity contribution in [1.29, 1.82) is 0 Å². The van der Waals surface area contributed by atoms with Crippen LogP contribution in [-0.4, -0.2) is 15.0 Å². The number of rotatable bonds is 4. The summed E-state index contributed by atoms with van der Waals surface area (Å²) in [7, 11) is 0. The van der Waals surface area contributed by atoms with Crippen molar-refractivity contribution in [3.8, 4) is 45.3 Å². The molecule has 0 aliphatic rings. The Balaban J connectivity index is 1.11. The fourth-order valence-electron chi connectivity index (χ4n) is 7.37. The second-order valence-electron chi connectivity index (χ2n) is 12.8. The highest BCUT2D eigenvalue weighted by molar-refractivity contribution is 7.27. The van der Waals surface area contributed by atoms with Crippen LogP contribution >= 0.6 is 34.0 Å². The van der Waals surface area contributed by atoms with Gasteiger partial charge in [0.05, 0.1) is 0 Å². The Bertz CT molecular complexity index is 3150. The van der Waals surface area contributed by atoms with Gasteiger partial charge in [0.15, 0.2) is 17.5 Å². The van der Waals surface area contributed by atoms with E-state index in [-0.39, 0.29) is 0 Å². The first kappa shape index (κ1) is 29.0. The van der Waals surface area contributed by atoms with Crippen LogP contribution in [0.1, 0.15) is 0 Å². The molecule has 6 heteroatoms. The molecule has 0 N–H and O–H groups in total. The van der Waals surface area contributed by atoms with Crippen LogP contribution in [0.3, 0.4) is 0 Å². The second-order valence-corrected chi connectivity index (χ2v) is 16.0. The molecule has 4 heterocycles. The minimum atomic E-state index is 0.666. The Hall–Kier alpha value is -5.79. The standard InChI is InChI=1S/C45H25N3S3/c1-2-10-26(11-3-1)43-46-44(48-45(47-43)28-20-22-31-29-12-4-6-17-36(29)50-40(31)25-28)27-21-23-38-35(24-27)41-32(14-9-19-39(41)49-38)34-16-8-15-33-30-13-5-7-18-37(30)51-42(33)34/h1-25H. The molecule has 0 bridgehead atoms. The summed E-state index contributed by atoms with van der Waals surface area (Å²) in [6, 6.07) is 54.2. The van der Waals surface area contributed by atoms with Gasteiger partial charge in [0, 0.05) is 82.8 Å². The maximum Gasteiger partial charge on any atom is 0.164 e. The minimum Gasteiger partial charge on any atom is -0.208 e. The maximum atomic E-state index is 5.16. The van der Waals surface area contributed by atoms with Gasteiger partial charge >= 0.3 is 0 Å². The first-order valence-corrected chi connectivity index (χ1v) is 19.3. The normalized spacial score (nSPS) is 11.9. The van der Waals surface area contributed by atoms with Crippen LogP contribution in [0.5, 0.6) is 0 Å². The topological polar surface area (TPSA) is 38.7 Å². The van der Waals surface area contributed by atoms with Gasteiger partial charge in [-0.15, -0.1) is 34.0 Å². The summed E-state index contributed by atoms with van der Waals surface area (Å²) in [5, 5.41) is 7.66. The molecule has 0 radical (unpaired) electrons. The molecule has 3 nitrogen and oxygen atoms in total. The molecule has 0 unspecified atom stereocenters. The van der Waals surface area contributed by atoms with Crippen molar-refractivity contribution in [2.75, 3.05) is 0 Å². The van der Waals surface area contributed by atoms with Crippen molar-refractivity contribution in [3.05, 3.63) is 152 Å². The fourth-order valence-corrected chi connectivity index (χ4v) is 10.9. The highest BCUT2D eigenvalue weighted by Gasteiger charge is 2.18. The van der Waals surface area contributed by atoms with Crippen LogP contribution < -0.4 is 0 Å². The summed E-state index contributed by atoms with van der Waals surface area (Å²) in [6.07, 6.45) is 0. The molecule has 0 atom stereocenters. The minimum absolute atomic E-state index is 0.666. The predicted octanol–water partition coefficient (Wildman–Crippen LogP) is 13.6. The van der Waals surface area contributed by atoms with Crippen molar-refractivity contribution >= 4 is 94.5 Å². The largest absolute Gasteiger partial charge is 0.208 e. The van der Waals surface area contributed by atoms with Gasteiger partial charge in [-0.25, -0.2) is 15.0 Å². The lowest BCUT2D eigenvalue weighted by atomic mass is 9.97. The number of benzene rings is 7. The van der Waals surface area contributed by atoms with E-state index in [9.17, 15) is 0 Å². The summed E-state index contributed by atoms with van der Waals surface area (Å²) >= 11 is 5.52. The summed E-state index contributed by atoms with van der Waals surface area (Å²) in [4.78, 5) is 15.3. The average molecular weight is 704 g/mol. The average Bonchev–Trinajstić information content (AvgIpc) is 3.88. The van der Waals surface area contributed by atoms with Crippen molar-refractivity contribution in [2.45, 2.75) is 0 Å². The van der Waals surface area contributed by atoms with Gasteiger partial charge in [-0.3, -0.25) is 0 Å². The summed E-state index contributed by atoms with van der Waals surface area (Å²) < 4.78 is 7.67. The van der Waals surface area contributed by atoms with Gasteiger partial charge in [0.25, 0.3) is 0 Å². The quantitative estimate of drug-likeness (QED) is 0.183. The molecule has 0 amide bonds. The Kier molecular flexibility index (Phi) is 6.46. The third kappa shape index (κ3) is 4.65. The number of fused-ring (bicyclic) bond motifs is 9. The van der Waals surface area contributed by atoms with Crippen molar-refractivity contribution in [3.63, 3.8) is 0 Å². The zero-order chi connectivity index (χ0) is 33.5. The van der Waals surface area contributed by atoms with Gasteiger partial charge in [0.2, 0.25) is 0 Å². The molecule has 0 saturated carbocycles. The molecule has 4 aromatic heterocycles. The van der Waals surface area contributed by atoms with E-state index in [4.69, 9.17) is 15.0 Å². The maximum absolute atomic E-state index is 5.16. The monoisotopic (exact) mass is 703 g/mol. The first-order chi connectivity index (χ1) is 25.2. The van der Waals surface area contributed by atoms with Gasteiger partial charge in [-0.1, -0.05) is 109 Å². The lowest BCUT2D eigenvalue weighted by molar-refractivity contribution is 1.08.